The van der Waals surface area contributed by atoms with Crippen molar-refractivity contribution in [2.45, 2.75) is 6.54 Å². The average molecular weight is 367 g/mol. The minimum absolute atomic E-state index is 0.731. The molecule has 4 rings (SSSR count). The molecule has 5 heteroatoms. The minimum Gasteiger partial charge on any atom is -0.369 e. The van der Waals surface area contributed by atoms with Crippen molar-refractivity contribution in [1.29, 1.82) is 0 Å². The highest BCUT2D eigenvalue weighted by Crippen LogP contribution is 2.29. The standard InChI is InChI=1S/C21H23ClN4/c1-24-21(22)19(20(23-24)17-8-4-2-5-9-17)16-25-12-14-26(15-13-25)18-10-6-3-7-11-18/h2-11H,12-16H2,1H3. The summed E-state index contributed by atoms with van der Waals surface area (Å²) >= 11 is 6.57. The molecular weight excluding hydrogens is 344 g/mol. The van der Waals surface area contributed by atoms with Gasteiger partial charge >= 0.3 is 0 Å². The Hall–Kier alpha value is -2.30. The number of hydrogen-bond donors (Lipinski definition) is 0. The van der Waals surface area contributed by atoms with E-state index in [-0.39, 0.29) is 0 Å². The predicted octanol–water partition coefficient (Wildman–Crippen LogP) is 4.06. The van der Waals surface area contributed by atoms with Gasteiger partial charge in [-0.15, -0.1) is 0 Å². The number of piperazine rings is 1. The lowest BCUT2D eigenvalue weighted by molar-refractivity contribution is 0.250. The van der Waals surface area contributed by atoms with Crippen LogP contribution in [0, 0.1) is 0 Å². The second-order valence-electron chi connectivity index (χ2n) is 6.71. The molecule has 4 nitrogen and oxygen atoms in total. The van der Waals surface area contributed by atoms with Gasteiger partial charge in [0.15, 0.2) is 0 Å². The van der Waals surface area contributed by atoms with Gasteiger partial charge in [0.05, 0.1) is 5.69 Å². The van der Waals surface area contributed by atoms with Gasteiger partial charge in [-0.2, -0.15) is 5.10 Å². The number of benzene rings is 2. The van der Waals surface area contributed by atoms with Gasteiger partial charge in [0.1, 0.15) is 5.15 Å². The molecule has 0 amide bonds. The minimum atomic E-state index is 0.731. The first-order valence-corrected chi connectivity index (χ1v) is 9.39. The predicted molar refractivity (Wildman–Crippen MR) is 108 cm³/mol. The zero-order valence-corrected chi connectivity index (χ0v) is 15.7. The Labute approximate surface area is 159 Å². The number of hydrogen-bond acceptors (Lipinski definition) is 3. The van der Waals surface area contributed by atoms with E-state index in [1.807, 2.05) is 25.2 Å². The molecule has 1 aliphatic heterocycles. The van der Waals surface area contributed by atoms with Crippen molar-refractivity contribution in [3.63, 3.8) is 0 Å². The number of rotatable bonds is 4. The van der Waals surface area contributed by atoms with Crippen LogP contribution in [-0.4, -0.2) is 40.9 Å². The quantitative estimate of drug-likeness (QED) is 0.695. The zero-order chi connectivity index (χ0) is 17.9. The van der Waals surface area contributed by atoms with Crippen LogP contribution in [0.25, 0.3) is 11.3 Å². The third-order valence-electron chi connectivity index (χ3n) is 4.99. The van der Waals surface area contributed by atoms with Gasteiger partial charge in [0.2, 0.25) is 0 Å². The van der Waals surface area contributed by atoms with Crippen molar-refractivity contribution in [2.75, 3.05) is 31.1 Å². The van der Waals surface area contributed by atoms with E-state index < -0.39 is 0 Å². The summed E-state index contributed by atoms with van der Waals surface area (Å²) in [4.78, 5) is 4.91. The van der Waals surface area contributed by atoms with Gasteiger partial charge in [-0.25, -0.2) is 0 Å². The normalized spacial score (nSPS) is 15.4. The van der Waals surface area contributed by atoms with Crippen molar-refractivity contribution in [2.24, 2.45) is 7.05 Å². The monoisotopic (exact) mass is 366 g/mol. The molecule has 2 aromatic carbocycles. The smallest absolute Gasteiger partial charge is 0.131 e. The first-order valence-electron chi connectivity index (χ1n) is 9.01. The van der Waals surface area contributed by atoms with Gasteiger partial charge in [0, 0.05) is 56.6 Å². The maximum atomic E-state index is 6.57. The Bertz CT molecular complexity index is 852. The molecular formula is C21H23ClN4. The number of anilines is 1. The van der Waals surface area contributed by atoms with E-state index in [0.29, 0.717) is 0 Å². The lowest BCUT2D eigenvalue weighted by Gasteiger charge is -2.36. The molecule has 0 aliphatic carbocycles. The zero-order valence-electron chi connectivity index (χ0n) is 15.0. The van der Waals surface area contributed by atoms with Crippen LogP contribution < -0.4 is 4.90 Å². The summed E-state index contributed by atoms with van der Waals surface area (Å²) in [5, 5.41) is 5.39. The summed E-state index contributed by atoms with van der Waals surface area (Å²) in [6, 6.07) is 20.9. The second-order valence-corrected chi connectivity index (χ2v) is 7.06. The van der Waals surface area contributed by atoms with Crippen LogP contribution in [0.2, 0.25) is 5.15 Å². The number of aryl methyl sites for hydroxylation is 1. The fourth-order valence-electron chi connectivity index (χ4n) is 3.54. The van der Waals surface area contributed by atoms with Gasteiger partial charge in [-0.05, 0) is 12.1 Å². The third kappa shape index (κ3) is 3.48. The van der Waals surface area contributed by atoms with Crippen molar-refractivity contribution < 1.29 is 0 Å². The fourth-order valence-corrected chi connectivity index (χ4v) is 3.73. The molecule has 1 saturated heterocycles. The topological polar surface area (TPSA) is 24.3 Å². The molecule has 0 bridgehead atoms. The highest BCUT2D eigenvalue weighted by atomic mass is 35.5. The van der Waals surface area contributed by atoms with E-state index in [2.05, 4.69) is 57.4 Å². The first kappa shape index (κ1) is 17.1. The highest BCUT2D eigenvalue weighted by Gasteiger charge is 2.22. The number of halogens is 1. The molecule has 0 spiro atoms. The Morgan fingerprint density at radius 2 is 1.50 bits per heavy atom. The Balaban J connectivity index is 1.49. The maximum absolute atomic E-state index is 6.57. The third-order valence-corrected chi connectivity index (χ3v) is 5.46. The summed E-state index contributed by atoms with van der Waals surface area (Å²) < 4.78 is 1.78. The average Bonchev–Trinajstić information content (AvgIpc) is 2.98. The van der Waals surface area contributed by atoms with E-state index in [9.17, 15) is 0 Å². The van der Waals surface area contributed by atoms with E-state index in [1.54, 1.807) is 4.68 Å². The largest absolute Gasteiger partial charge is 0.369 e. The van der Waals surface area contributed by atoms with Crippen molar-refractivity contribution in [3.05, 3.63) is 71.4 Å². The molecule has 1 aromatic heterocycles. The van der Waals surface area contributed by atoms with Crippen LogP contribution in [0.1, 0.15) is 5.56 Å². The lowest BCUT2D eigenvalue weighted by Crippen LogP contribution is -2.46. The van der Waals surface area contributed by atoms with Crippen molar-refractivity contribution >= 4 is 17.3 Å². The number of aromatic nitrogens is 2. The molecule has 2 heterocycles. The molecule has 0 unspecified atom stereocenters. The molecule has 0 N–H and O–H groups in total. The first-order chi connectivity index (χ1) is 12.7. The fraction of sp³-hybridized carbons (Fsp3) is 0.286. The molecule has 134 valence electrons. The maximum Gasteiger partial charge on any atom is 0.131 e. The van der Waals surface area contributed by atoms with Crippen LogP contribution in [0.15, 0.2) is 60.7 Å². The van der Waals surface area contributed by atoms with E-state index in [0.717, 1.165) is 54.7 Å². The molecule has 1 fully saturated rings. The summed E-state index contributed by atoms with van der Waals surface area (Å²) in [5.74, 6) is 0. The summed E-state index contributed by atoms with van der Waals surface area (Å²) in [6.07, 6.45) is 0. The summed E-state index contributed by atoms with van der Waals surface area (Å²) in [7, 11) is 1.91. The molecule has 0 radical (unpaired) electrons. The second kappa shape index (κ2) is 7.52. The Morgan fingerprint density at radius 3 is 2.15 bits per heavy atom. The van der Waals surface area contributed by atoms with Gasteiger partial charge < -0.3 is 4.90 Å². The highest BCUT2D eigenvalue weighted by molar-refractivity contribution is 6.30. The molecule has 0 atom stereocenters. The molecule has 3 aromatic rings. The van der Waals surface area contributed by atoms with Crippen molar-refractivity contribution in [1.82, 2.24) is 14.7 Å². The summed E-state index contributed by atoms with van der Waals surface area (Å²) in [6.45, 7) is 4.94. The summed E-state index contributed by atoms with van der Waals surface area (Å²) in [5.41, 5.74) is 4.53. The van der Waals surface area contributed by atoms with Crippen LogP contribution in [0.3, 0.4) is 0 Å². The van der Waals surface area contributed by atoms with Crippen LogP contribution in [0.4, 0.5) is 5.69 Å². The van der Waals surface area contributed by atoms with Gasteiger partial charge in [-0.1, -0.05) is 60.1 Å². The Morgan fingerprint density at radius 1 is 0.885 bits per heavy atom. The van der Waals surface area contributed by atoms with Crippen molar-refractivity contribution in [3.8, 4) is 11.3 Å². The molecule has 26 heavy (non-hydrogen) atoms. The van der Waals surface area contributed by atoms with Crippen LogP contribution in [0.5, 0.6) is 0 Å². The molecule has 1 aliphatic rings. The molecule has 0 saturated carbocycles. The van der Waals surface area contributed by atoms with Crippen LogP contribution >= 0.6 is 11.6 Å². The number of nitrogens with zero attached hydrogens (tertiary/aromatic N) is 4. The van der Waals surface area contributed by atoms with E-state index in [4.69, 9.17) is 11.6 Å². The van der Waals surface area contributed by atoms with Gasteiger partial charge in [-0.3, -0.25) is 9.58 Å². The van der Waals surface area contributed by atoms with E-state index >= 15 is 0 Å². The lowest BCUT2D eigenvalue weighted by atomic mass is 10.1. The van der Waals surface area contributed by atoms with Crippen LogP contribution in [-0.2, 0) is 13.6 Å². The number of para-hydroxylation sites is 1. The van der Waals surface area contributed by atoms with E-state index in [1.165, 1.54) is 5.69 Å². The van der Waals surface area contributed by atoms with Gasteiger partial charge in [0.25, 0.3) is 0 Å². The SMILES string of the molecule is Cn1nc(-c2ccccc2)c(CN2CCN(c3ccccc3)CC2)c1Cl. The Kier molecular flexibility index (Phi) is 4.96.